The van der Waals surface area contributed by atoms with Crippen LogP contribution in [-0.4, -0.2) is 28.5 Å². The van der Waals surface area contributed by atoms with Gasteiger partial charge in [0.25, 0.3) is 5.91 Å². The molecule has 0 saturated heterocycles. The average Bonchev–Trinajstić information content (AvgIpc) is 2.87. The maximum absolute atomic E-state index is 11.8. The highest BCUT2D eigenvalue weighted by Gasteiger charge is 2.12. The van der Waals surface area contributed by atoms with Gasteiger partial charge in [-0.15, -0.1) is 0 Å². The zero-order chi connectivity index (χ0) is 19.1. The minimum atomic E-state index is -0.408. The van der Waals surface area contributed by atoms with Crippen LogP contribution in [0.1, 0.15) is 30.7 Å². The van der Waals surface area contributed by atoms with Gasteiger partial charge in [0.05, 0.1) is 29.1 Å². The molecule has 0 bridgehead atoms. The number of hydrazone groups is 1. The predicted molar refractivity (Wildman–Crippen MR) is 99.2 cm³/mol. The number of hydrogen-bond donors (Lipinski definition) is 1. The Morgan fingerprint density at radius 2 is 2.15 bits per heavy atom. The highest BCUT2D eigenvalue weighted by Crippen LogP contribution is 2.19. The van der Waals surface area contributed by atoms with Crippen LogP contribution >= 0.6 is 11.6 Å². The molecule has 1 N–H and O–H groups in total. The molecule has 0 spiro atoms. The topological polar surface area (TPSA) is 92.3 Å². The van der Waals surface area contributed by atoms with Crippen molar-refractivity contribution in [1.82, 2.24) is 15.2 Å². The summed E-state index contributed by atoms with van der Waals surface area (Å²) >= 11 is 6.30. The number of carbonyl (C=O) groups excluding carboxylic acids is 1. The summed E-state index contributed by atoms with van der Waals surface area (Å²) in [5, 5.41) is 17.5. The number of carbonyl (C=O) groups is 1. The van der Waals surface area contributed by atoms with Crippen molar-refractivity contribution in [3.63, 3.8) is 0 Å². The summed E-state index contributed by atoms with van der Waals surface area (Å²) in [5.41, 5.74) is 4.32. The van der Waals surface area contributed by atoms with Crippen LogP contribution in [0.5, 0.6) is 5.75 Å². The molecule has 7 nitrogen and oxygen atoms in total. The number of hydrogen-bond acceptors (Lipinski definition) is 5. The Kier molecular flexibility index (Phi) is 6.75. The van der Waals surface area contributed by atoms with Crippen LogP contribution in [-0.2, 0) is 11.3 Å². The summed E-state index contributed by atoms with van der Waals surface area (Å²) < 4.78 is 7.05. The van der Waals surface area contributed by atoms with E-state index in [4.69, 9.17) is 21.6 Å². The van der Waals surface area contributed by atoms with Crippen LogP contribution in [0.4, 0.5) is 0 Å². The third kappa shape index (κ3) is 5.33. The normalized spacial score (nSPS) is 10.9. The minimum Gasteiger partial charge on any atom is -0.484 e. The Bertz CT molecular complexity index is 835. The van der Waals surface area contributed by atoms with E-state index < -0.39 is 5.91 Å². The van der Waals surface area contributed by atoms with Crippen molar-refractivity contribution >= 4 is 23.7 Å². The first-order valence-electron chi connectivity index (χ1n) is 8.08. The van der Waals surface area contributed by atoms with E-state index in [0.29, 0.717) is 34.5 Å². The van der Waals surface area contributed by atoms with E-state index in [1.807, 2.05) is 13.0 Å². The molecule has 1 aromatic carbocycles. The predicted octanol–water partition coefficient (Wildman–Crippen LogP) is 2.90. The average molecular weight is 374 g/mol. The number of halogens is 1. The number of aryl methyl sites for hydroxylation is 1. The molecule has 0 atom stereocenters. The van der Waals surface area contributed by atoms with Crippen molar-refractivity contribution in [3.05, 3.63) is 46.2 Å². The number of nitrogens with one attached hydrogen (secondary N) is 1. The molecule has 0 radical (unpaired) electrons. The van der Waals surface area contributed by atoms with Gasteiger partial charge < -0.3 is 4.74 Å². The zero-order valence-electron chi connectivity index (χ0n) is 14.9. The number of benzene rings is 1. The van der Waals surface area contributed by atoms with Crippen molar-refractivity contribution in [3.8, 4) is 11.8 Å². The second-order valence-electron chi connectivity index (χ2n) is 6.08. The molecular formula is C18H20ClN5O2. The molecular weight excluding hydrogens is 354 g/mol. The fourth-order valence-corrected chi connectivity index (χ4v) is 2.45. The Morgan fingerprint density at radius 3 is 2.77 bits per heavy atom. The van der Waals surface area contributed by atoms with E-state index in [2.05, 4.69) is 29.5 Å². The summed E-state index contributed by atoms with van der Waals surface area (Å²) in [5.74, 6) is 0.501. The highest BCUT2D eigenvalue weighted by molar-refractivity contribution is 6.32. The lowest BCUT2D eigenvalue weighted by Crippen LogP contribution is -2.24. The van der Waals surface area contributed by atoms with Gasteiger partial charge in [0.15, 0.2) is 6.61 Å². The molecule has 8 heteroatoms. The molecule has 1 aromatic heterocycles. The van der Waals surface area contributed by atoms with E-state index in [-0.39, 0.29) is 6.61 Å². The van der Waals surface area contributed by atoms with Crippen molar-refractivity contribution in [2.24, 2.45) is 11.0 Å². The number of aromatic nitrogens is 2. The largest absolute Gasteiger partial charge is 0.484 e. The number of nitrogens with zero attached hydrogens (tertiary/aromatic N) is 4. The summed E-state index contributed by atoms with van der Waals surface area (Å²) in [6.45, 7) is 6.51. The maximum Gasteiger partial charge on any atom is 0.277 e. The summed E-state index contributed by atoms with van der Waals surface area (Å²) in [6, 6.07) is 8.50. The number of nitriles is 1. The van der Waals surface area contributed by atoms with E-state index in [1.54, 1.807) is 28.9 Å². The van der Waals surface area contributed by atoms with Crippen LogP contribution in [0, 0.1) is 24.2 Å². The van der Waals surface area contributed by atoms with Gasteiger partial charge in [0, 0.05) is 6.54 Å². The molecule has 0 unspecified atom stereocenters. The molecule has 0 saturated carbocycles. The maximum atomic E-state index is 11.8. The fraction of sp³-hybridized carbons (Fsp3) is 0.333. The number of rotatable bonds is 7. The van der Waals surface area contributed by atoms with Crippen molar-refractivity contribution in [1.29, 1.82) is 5.26 Å². The Hall–Kier alpha value is -2.85. The second kappa shape index (κ2) is 9.02. The van der Waals surface area contributed by atoms with Gasteiger partial charge in [-0.05, 0) is 37.1 Å². The van der Waals surface area contributed by atoms with E-state index >= 15 is 0 Å². The fourth-order valence-electron chi connectivity index (χ4n) is 2.16. The van der Waals surface area contributed by atoms with E-state index in [0.717, 1.165) is 5.69 Å². The first kappa shape index (κ1) is 19.5. The van der Waals surface area contributed by atoms with Gasteiger partial charge in [-0.1, -0.05) is 25.4 Å². The zero-order valence-corrected chi connectivity index (χ0v) is 15.6. The molecule has 1 heterocycles. The molecule has 2 rings (SSSR count). The molecule has 0 aliphatic carbocycles. The lowest BCUT2D eigenvalue weighted by atomic mass is 10.2. The third-order valence-corrected chi connectivity index (χ3v) is 3.78. The van der Waals surface area contributed by atoms with Gasteiger partial charge in [0.2, 0.25) is 0 Å². The molecule has 0 aliphatic heterocycles. The Balaban J connectivity index is 1.88. The molecule has 2 aromatic rings. The quantitative estimate of drug-likeness (QED) is 0.596. The number of amides is 1. The van der Waals surface area contributed by atoms with Crippen LogP contribution in [0.25, 0.3) is 0 Å². The van der Waals surface area contributed by atoms with Crippen molar-refractivity contribution < 1.29 is 9.53 Å². The first-order valence-corrected chi connectivity index (χ1v) is 8.46. The second-order valence-corrected chi connectivity index (χ2v) is 6.44. The van der Waals surface area contributed by atoms with Gasteiger partial charge >= 0.3 is 0 Å². The standard InChI is InChI=1S/C18H20ClN5O2/c1-12(2)10-24-18(19)16(13(3)23-24)9-21-22-17(25)11-26-15-6-4-14(8-20)5-7-15/h4-7,9,12H,10-11H2,1-3H3,(H,22,25)/b21-9-. The monoisotopic (exact) mass is 373 g/mol. The van der Waals surface area contributed by atoms with Gasteiger partial charge in [0.1, 0.15) is 10.9 Å². The van der Waals surface area contributed by atoms with E-state index in [9.17, 15) is 4.79 Å². The van der Waals surface area contributed by atoms with Crippen LogP contribution in [0.2, 0.25) is 5.15 Å². The Morgan fingerprint density at radius 1 is 1.46 bits per heavy atom. The molecule has 0 fully saturated rings. The first-order chi connectivity index (χ1) is 12.4. The highest BCUT2D eigenvalue weighted by atomic mass is 35.5. The smallest absolute Gasteiger partial charge is 0.277 e. The van der Waals surface area contributed by atoms with Crippen molar-refractivity contribution in [2.75, 3.05) is 6.61 Å². The van der Waals surface area contributed by atoms with Gasteiger partial charge in [-0.2, -0.15) is 15.5 Å². The summed E-state index contributed by atoms with van der Waals surface area (Å²) in [6.07, 6.45) is 1.47. The van der Waals surface area contributed by atoms with Crippen LogP contribution in [0.3, 0.4) is 0 Å². The lowest BCUT2D eigenvalue weighted by molar-refractivity contribution is -0.123. The van der Waals surface area contributed by atoms with E-state index in [1.165, 1.54) is 6.21 Å². The molecule has 1 amide bonds. The minimum absolute atomic E-state index is 0.192. The Labute approximate surface area is 157 Å². The van der Waals surface area contributed by atoms with Gasteiger partial charge in [-0.3, -0.25) is 9.48 Å². The molecule has 0 aliphatic rings. The summed E-state index contributed by atoms with van der Waals surface area (Å²) in [7, 11) is 0. The number of ether oxygens (including phenoxy) is 1. The molecule has 26 heavy (non-hydrogen) atoms. The van der Waals surface area contributed by atoms with Crippen LogP contribution in [0.15, 0.2) is 29.4 Å². The summed E-state index contributed by atoms with van der Waals surface area (Å²) in [4.78, 5) is 11.8. The molecule has 136 valence electrons. The van der Waals surface area contributed by atoms with Crippen molar-refractivity contribution in [2.45, 2.75) is 27.3 Å². The lowest BCUT2D eigenvalue weighted by Gasteiger charge is -2.05. The third-order valence-electron chi connectivity index (χ3n) is 3.38. The SMILES string of the molecule is Cc1nn(CC(C)C)c(Cl)c1/C=N\NC(=O)COc1ccc(C#N)cc1. The van der Waals surface area contributed by atoms with Gasteiger partial charge in [-0.25, -0.2) is 5.43 Å². The van der Waals surface area contributed by atoms with Crippen LogP contribution < -0.4 is 10.2 Å².